The number of nitrogens with one attached hydrogen (secondary N) is 2. The second kappa shape index (κ2) is 6.61. The first-order chi connectivity index (χ1) is 10.7. The van der Waals surface area contributed by atoms with Crippen LogP contribution in [-0.2, 0) is 4.74 Å². The van der Waals surface area contributed by atoms with E-state index in [1.807, 2.05) is 6.92 Å². The van der Waals surface area contributed by atoms with E-state index in [0.29, 0.717) is 29.3 Å². The molecule has 3 rings (SSSR count). The van der Waals surface area contributed by atoms with E-state index in [-0.39, 0.29) is 6.10 Å². The summed E-state index contributed by atoms with van der Waals surface area (Å²) >= 11 is 0. The van der Waals surface area contributed by atoms with Gasteiger partial charge >= 0.3 is 0 Å². The molecule has 2 aromatic heterocycles. The van der Waals surface area contributed by atoms with Gasteiger partial charge in [-0.2, -0.15) is 4.98 Å². The Morgan fingerprint density at radius 2 is 2.32 bits per heavy atom. The number of anilines is 2. The van der Waals surface area contributed by atoms with E-state index < -0.39 is 0 Å². The van der Waals surface area contributed by atoms with E-state index in [9.17, 15) is 0 Å². The SMILES string of the molecule is COc1cc(Nc2cncc(O[C@@H](C)C3CCOC3)n2)[nH]n1. The lowest BCUT2D eigenvalue weighted by Gasteiger charge is -2.18. The molecule has 1 fully saturated rings. The molecule has 8 nitrogen and oxygen atoms in total. The fraction of sp³-hybridized carbons (Fsp3) is 0.500. The summed E-state index contributed by atoms with van der Waals surface area (Å²) < 4.78 is 16.3. The van der Waals surface area contributed by atoms with Gasteiger partial charge in [-0.05, 0) is 13.3 Å². The number of ether oxygens (including phenoxy) is 3. The molecular formula is C14H19N5O3. The summed E-state index contributed by atoms with van der Waals surface area (Å²) in [4.78, 5) is 8.53. The Kier molecular flexibility index (Phi) is 4.38. The van der Waals surface area contributed by atoms with Crippen molar-refractivity contribution in [1.29, 1.82) is 0 Å². The van der Waals surface area contributed by atoms with E-state index in [1.54, 1.807) is 25.6 Å². The van der Waals surface area contributed by atoms with Crippen LogP contribution in [0.15, 0.2) is 18.5 Å². The smallest absolute Gasteiger partial charge is 0.234 e. The minimum atomic E-state index is 0.0410. The zero-order chi connectivity index (χ0) is 15.4. The van der Waals surface area contributed by atoms with Crippen LogP contribution in [0.4, 0.5) is 11.6 Å². The van der Waals surface area contributed by atoms with Crippen molar-refractivity contribution in [2.24, 2.45) is 5.92 Å². The molecule has 3 heterocycles. The standard InChI is InChI=1S/C14H19N5O3/c1-9(10-3-4-21-8-10)22-14-7-15-6-12(17-14)16-11-5-13(20-2)19-18-11/h5-7,9-10H,3-4,8H2,1-2H3,(H2,16,17,18,19)/t9-,10?/m0/s1. The van der Waals surface area contributed by atoms with Crippen LogP contribution >= 0.6 is 0 Å². The van der Waals surface area contributed by atoms with Crippen molar-refractivity contribution < 1.29 is 14.2 Å². The lowest BCUT2D eigenvalue weighted by molar-refractivity contribution is 0.119. The molecule has 8 heteroatoms. The molecule has 118 valence electrons. The van der Waals surface area contributed by atoms with E-state index in [2.05, 4.69) is 25.5 Å². The summed E-state index contributed by atoms with van der Waals surface area (Å²) in [6.07, 6.45) is 4.27. The van der Waals surface area contributed by atoms with Gasteiger partial charge in [-0.25, -0.2) is 0 Å². The van der Waals surface area contributed by atoms with Gasteiger partial charge in [-0.15, -0.1) is 5.10 Å². The van der Waals surface area contributed by atoms with E-state index in [1.165, 1.54) is 0 Å². The number of hydrogen-bond donors (Lipinski definition) is 2. The fourth-order valence-corrected chi connectivity index (χ4v) is 2.28. The predicted molar refractivity (Wildman–Crippen MR) is 79.5 cm³/mol. The summed E-state index contributed by atoms with van der Waals surface area (Å²) in [5.74, 6) is 2.61. The maximum atomic E-state index is 5.86. The summed E-state index contributed by atoms with van der Waals surface area (Å²) in [6, 6.07) is 1.73. The summed E-state index contributed by atoms with van der Waals surface area (Å²) in [7, 11) is 1.56. The second-order valence-electron chi connectivity index (χ2n) is 5.14. The van der Waals surface area contributed by atoms with Crippen molar-refractivity contribution in [3.05, 3.63) is 18.5 Å². The van der Waals surface area contributed by atoms with Crippen LogP contribution in [0.2, 0.25) is 0 Å². The maximum absolute atomic E-state index is 5.86. The number of aromatic nitrogens is 4. The molecule has 0 aliphatic carbocycles. The van der Waals surface area contributed by atoms with Gasteiger partial charge in [0.2, 0.25) is 11.8 Å². The van der Waals surface area contributed by atoms with Crippen LogP contribution in [0.25, 0.3) is 0 Å². The van der Waals surface area contributed by atoms with Crippen LogP contribution in [0.1, 0.15) is 13.3 Å². The Hall–Kier alpha value is -2.35. The first-order valence-electron chi connectivity index (χ1n) is 7.17. The monoisotopic (exact) mass is 305 g/mol. The van der Waals surface area contributed by atoms with Gasteiger partial charge in [0.1, 0.15) is 11.9 Å². The summed E-state index contributed by atoms with van der Waals surface area (Å²) in [6.45, 7) is 3.56. The van der Waals surface area contributed by atoms with Crippen molar-refractivity contribution in [2.45, 2.75) is 19.4 Å². The Morgan fingerprint density at radius 3 is 3.05 bits per heavy atom. The van der Waals surface area contributed by atoms with Crippen LogP contribution in [0.5, 0.6) is 11.8 Å². The highest BCUT2D eigenvalue weighted by Gasteiger charge is 2.24. The van der Waals surface area contributed by atoms with Crippen molar-refractivity contribution in [1.82, 2.24) is 20.2 Å². The van der Waals surface area contributed by atoms with Gasteiger partial charge in [0.25, 0.3) is 0 Å². The first kappa shape index (κ1) is 14.6. The number of nitrogens with zero attached hydrogens (tertiary/aromatic N) is 3. The lowest BCUT2D eigenvalue weighted by Crippen LogP contribution is -2.24. The molecule has 0 amide bonds. The van der Waals surface area contributed by atoms with E-state index in [4.69, 9.17) is 14.2 Å². The molecular weight excluding hydrogens is 286 g/mol. The van der Waals surface area contributed by atoms with Crippen molar-refractivity contribution in [2.75, 3.05) is 25.6 Å². The summed E-state index contributed by atoms with van der Waals surface area (Å²) in [5, 5.41) is 9.82. The van der Waals surface area contributed by atoms with Gasteiger partial charge in [0, 0.05) is 18.6 Å². The molecule has 0 bridgehead atoms. The Morgan fingerprint density at radius 1 is 1.41 bits per heavy atom. The molecule has 2 N–H and O–H groups in total. The molecule has 22 heavy (non-hydrogen) atoms. The lowest BCUT2D eigenvalue weighted by atomic mass is 10.0. The average Bonchev–Trinajstić information content (AvgIpc) is 3.19. The molecule has 2 aromatic rings. The number of H-pyrrole nitrogens is 1. The van der Waals surface area contributed by atoms with Crippen LogP contribution in [-0.4, -0.2) is 46.6 Å². The zero-order valence-electron chi connectivity index (χ0n) is 12.6. The predicted octanol–water partition coefficient (Wildman–Crippen LogP) is 1.76. The minimum absolute atomic E-state index is 0.0410. The number of rotatable bonds is 6. The largest absolute Gasteiger partial charge is 0.480 e. The third kappa shape index (κ3) is 3.45. The molecule has 1 unspecified atom stereocenters. The number of methoxy groups -OCH3 is 1. The van der Waals surface area contributed by atoms with Gasteiger partial charge < -0.3 is 19.5 Å². The summed E-state index contributed by atoms with van der Waals surface area (Å²) in [5.41, 5.74) is 0. The van der Waals surface area contributed by atoms with Crippen molar-refractivity contribution >= 4 is 11.6 Å². The molecule has 1 aliphatic heterocycles. The Bertz CT molecular complexity index is 612. The minimum Gasteiger partial charge on any atom is -0.480 e. The third-order valence-corrected chi connectivity index (χ3v) is 3.57. The fourth-order valence-electron chi connectivity index (χ4n) is 2.28. The van der Waals surface area contributed by atoms with Gasteiger partial charge in [-0.3, -0.25) is 10.1 Å². The third-order valence-electron chi connectivity index (χ3n) is 3.57. The molecule has 1 aliphatic rings. The first-order valence-corrected chi connectivity index (χ1v) is 7.17. The molecule has 0 radical (unpaired) electrons. The van der Waals surface area contributed by atoms with Gasteiger partial charge in [0.15, 0.2) is 5.82 Å². The van der Waals surface area contributed by atoms with Gasteiger partial charge in [-0.1, -0.05) is 0 Å². The van der Waals surface area contributed by atoms with Crippen LogP contribution in [0, 0.1) is 5.92 Å². The Labute approximate surface area is 128 Å². The van der Waals surface area contributed by atoms with E-state index in [0.717, 1.165) is 19.6 Å². The Balaban J connectivity index is 1.64. The average molecular weight is 305 g/mol. The maximum Gasteiger partial charge on any atom is 0.234 e. The molecule has 0 saturated carbocycles. The topological polar surface area (TPSA) is 94.2 Å². The molecule has 2 atom stereocenters. The van der Waals surface area contributed by atoms with Crippen molar-refractivity contribution in [3.63, 3.8) is 0 Å². The normalized spacial score (nSPS) is 18.9. The number of hydrogen-bond acceptors (Lipinski definition) is 7. The number of aromatic amines is 1. The highest BCUT2D eigenvalue weighted by atomic mass is 16.5. The molecule has 1 saturated heterocycles. The highest BCUT2D eigenvalue weighted by molar-refractivity contribution is 5.51. The van der Waals surface area contributed by atoms with E-state index >= 15 is 0 Å². The highest BCUT2D eigenvalue weighted by Crippen LogP contribution is 2.22. The van der Waals surface area contributed by atoms with Crippen LogP contribution < -0.4 is 14.8 Å². The zero-order valence-corrected chi connectivity index (χ0v) is 12.6. The molecule has 0 aromatic carbocycles. The quantitative estimate of drug-likeness (QED) is 0.839. The second-order valence-corrected chi connectivity index (χ2v) is 5.14. The van der Waals surface area contributed by atoms with Crippen LogP contribution in [0.3, 0.4) is 0 Å². The van der Waals surface area contributed by atoms with Gasteiger partial charge in [0.05, 0.1) is 26.1 Å². The van der Waals surface area contributed by atoms with Crippen molar-refractivity contribution in [3.8, 4) is 11.8 Å². The molecule has 0 spiro atoms.